The molecule has 0 aliphatic rings. The minimum Gasteiger partial charge on any atom is -0.584 e. The standard InChI is InChI=1S/C2H4O2.C2H3O2.2Zn/c2*1-2(3)4;;/h1H3,(H,3,4);1H2,(H,3,4);;/q;-1;;+2/p-2. The Balaban J connectivity index is -0.0000000300. The van der Waals surface area contributed by atoms with Crippen LogP contribution in [0.2, 0.25) is 0 Å². The molecule has 0 saturated carbocycles. The van der Waals surface area contributed by atoms with Gasteiger partial charge in [0.05, 0.1) is 0 Å². The molecule has 0 fully saturated rings. The van der Waals surface area contributed by atoms with E-state index in [0.29, 0.717) is 0 Å². The summed E-state index contributed by atoms with van der Waals surface area (Å²) in [6.45, 7) is 3.42. The molecule has 0 aliphatic carbocycles. The summed E-state index contributed by atoms with van der Waals surface area (Å²) in [6.07, 6.45) is 0. The van der Waals surface area contributed by atoms with Gasteiger partial charge in [-0.15, -0.1) is 5.97 Å². The molecule has 0 aliphatic heterocycles. The smallest absolute Gasteiger partial charge is 0.584 e. The van der Waals surface area contributed by atoms with Gasteiger partial charge in [-0.2, -0.15) is 0 Å². The van der Waals surface area contributed by atoms with Crippen molar-refractivity contribution in [2.24, 2.45) is 0 Å². The van der Waals surface area contributed by atoms with Gasteiger partial charge in [0.25, 0.3) is 0 Å². The summed E-state index contributed by atoms with van der Waals surface area (Å²) in [6, 6.07) is 0. The molecule has 0 N–H and O–H groups in total. The molecule has 4 nitrogen and oxygen atoms in total. The van der Waals surface area contributed by atoms with Gasteiger partial charge in [-0.05, 0) is 6.92 Å². The molecule has 0 bridgehead atoms. The zero-order valence-corrected chi connectivity index (χ0v) is 11.7. The third kappa shape index (κ3) is 125000. The first-order chi connectivity index (χ1) is 3.46. The summed E-state index contributed by atoms with van der Waals surface area (Å²) in [5.74, 6) is -2.42. The van der Waals surface area contributed by atoms with Crippen LogP contribution < -0.4 is 10.2 Å². The van der Waals surface area contributed by atoms with Crippen LogP contribution in [0.5, 0.6) is 0 Å². The Labute approximate surface area is 84.5 Å². The van der Waals surface area contributed by atoms with E-state index in [1.807, 2.05) is 0 Å². The molecule has 0 amide bonds. The Morgan fingerprint density at radius 3 is 1.30 bits per heavy atom. The average molecular weight is 248 g/mol. The predicted molar refractivity (Wildman–Crippen MR) is 21.0 cm³/mol. The Morgan fingerprint density at radius 1 is 1.30 bits per heavy atom. The monoisotopic (exact) mass is 245 g/mol. The maximum absolute atomic E-state index is 8.89. The van der Waals surface area contributed by atoms with Crippen LogP contribution in [0.25, 0.3) is 0 Å². The minimum absolute atomic E-state index is 0. The summed E-state index contributed by atoms with van der Waals surface area (Å²) < 4.78 is 0. The fourth-order valence-corrected chi connectivity index (χ4v) is 0. The van der Waals surface area contributed by atoms with Crippen molar-refractivity contribution >= 4 is 11.9 Å². The summed E-state index contributed by atoms with van der Waals surface area (Å²) in [5, 5.41) is 17.7. The summed E-state index contributed by atoms with van der Waals surface area (Å²) in [5.41, 5.74) is 0. The van der Waals surface area contributed by atoms with Gasteiger partial charge >= 0.3 is 19.5 Å². The first-order valence-corrected chi connectivity index (χ1v) is 1.67. The molecule has 6 heteroatoms. The van der Waals surface area contributed by atoms with Gasteiger partial charge in [0.1, 0.15) is 0 Å². The summed E-state index contributed by atoms with van der Waals surface area (Å²) in [7, 11) is 0. The van der Waals surface area contributed by atoms with Crippen LogP contribution in [0.3, 0.4) is 0 Å². The van der Waals surface area contributed by atoms with Crippen LogP contribution in [0.4, 0.5) is 0 Å². The van der Waals surface area contributed by atoms with Crippen molar-refractivity contribution in [2.75, 3.05) is 0 Å². The Kier molecular flexibility index (Phi) is 36.0. The number of carbonyl (C=O) groups is 2. The van der Waals surface area contributed by atoms with E-state index in [-0.39, 0.29) is 39.0 Å². The van der Waals surface area contributed by atoms with Crippen molar-refractivity contribution in [3.05, 3.63) is 6.92 Å². The van der Waals surface area contributed by atoms with E-state index in [1.165, 1.54) is 0 Å². The predicted octanol–water partition coefficient (Wildman–Crippen LogP) is -2.68. The summed E-state index contributed by atoms with van der Waals surface area (Å²) >= 11 is 0. The van der Waals surface area contributed by atoms with Gasteiger partial charge < -0.3 is 26.7 Å². The van der Waals surface area contributed by atoms with Crippen LogP contribution in [-0.2, 0) is 48.5 Å². The quantitative estimate of drug-likeness (QED) is 0.345. The van der Waals surface area contributed by atoms with E-state index >= 15 is 0 Å². The second-order valence-corrected chi connectivity index (χ2v) is 0.864. The van der Waals surface area contributed by atoms with Gasteiger partial charge in [0.15, 0.2) is 0 Å². The van der Waals surface area contributed by atoms with Crippen LogP contribution in [0.15, 0.2) is 0 Å². The molecule has 0 aromatic carbocycles. The van der Waals surface area contributed by atoms with Gasteiger partial charge in [-0.1, -0.05) is 0 Å². The van der Waals surface area contributed by atoms with Crippen LogP contribution >= 0.6 is 0 Å². The fraction of sp³-hybridized carbons (Fsp3) is 0.250. The van der Waals surface area contributed by atoms with Gasteiger partial charge in [0.2, 0.25) is 0 Å². The largest absolute Gasteiger partial charge is 2.00 e. The molecule has 0 saturated heterocycles. The third-order valence-electron chi connectivity index (χ3n) is 0. The maximum atomic E-state index is 8.89. The van der Waals surface area contributed by atoms with E-state index < -0.39 is 11.9 Å². The van der Waals surface area contributed by atoms with Crippen molar-refractivity contribution in [3.63, 3.8) is 0 Å². The van der Waals surface area contributed by atoms with E-state index in [9.17, 15) is 0 Å². The molecular formula is C4H5O4Zn2-. The van der Waals surface area contributed by atoms with Crippen LogP contribution in [-0.4, -0.2) is 11.9 Å². The molecule has 0 heterocycles. The van der Waals surface area contributed by atoms with E-state index in [2.05, 4.69) is 6.92 Å². The normalized spacial score (nSPS) is 4.90. The number of carbonyl (C=O) groups excluding carboxylic acids is 2. The van der Waals surface area contributed by atoms with Gasteiger partial charge in [0, 0.05) is 25.4 Å². The maximum Gasteiger partial charge on any atom is 2.00 e. The number of hydrogen-bond acceptors (Lipinski definition) is 4. The Hall–Kier alpha value is 0.0568. The molecular weight excluding hydrogens is 243 g/mol. The van der Waals surface area contributed by atoms with E-state index in [1.54, 1.807) is 0 Å². The number of rotatable bonds is 0. The average Bonchev–Trinajstić information content (AvgIpc) is 1.25. The Morgan fingerprint density at radius 2 is 1.30 bits per heavy atom. The van der Waals surface area contributed by atoms with Gasteiger partial charge in [-0.3, -0.25) is 0 Å². The molecule has 0 atom stereocenters. The van der Waals surface area contributed by atoms with Crippen molar-refractivity contribution in [1.82, 2.24) is 0 Å². The molecule has 0 rings (SSSR count). The van der Waals surface area contributed by atoms with Crippen LogP contribution in [0.1, 0.15) is 6.92 Å². The van der Waals surface area contributed by atoms with Crippen LogP contribution in [0, 0.1) is 6.92 Å². The molecule has 50 valence electrons. The first kappa shape index (κ1) is 22.5. The van der Waals surface area contributed by atoms with E-state index in [0.717, 1.165) is 6.92 Å². The molecule has 0 unspecified atom stereocenters. The second kappa shape index (κ2) is 16.0. The number of hydrogen-bond donors (Lipinski definition) is 0. The van der Waals surface area contributed by atoms with Gasteiger partial charge in [-0.25, -0.2) is 0 Å². The summed E-state index contributed by atoms with van der Waals surface area (Å²) in [4.78, 5) is 17.7. The zero-order valence-electron chi connectivity index (χ0n) is 5.75. The number of carboxylic acids is 2. The zero-order chi connectivity index (χ0) is 7.15. The van der Waals surface area contributed by atoms with Crippen molar-refractivity contribution in [1.29, 1.82) is 0 Å². The molecule has 10 heavy (non-hydrogen) atoms. The van der Waals surface area contributed by atoms with Crippen molar-refractivity contribution < 1.29 is 58.8 Å². The van der Waals surface area contributed by atoms with E-state index in [4.69, 9.17) is 19.8 Å². The topological polar surface area (TPSA) is 80.3 Å². The number of carboxylic acid groups (broad SMARTS) is 2. The molecule has 0 aromatic heterocycles. The van der Waals surface area contributed by atoms with Crippen molar-refractivity contribution in [2.45, 2.75) is 6.92 Å². The molecule has 0 aromatic rings. The third-order valence-corrected chi connectivity index (χ3v) is 0. The number of aliphatic carboxylic acids is 2. The molecule has 0 radical (unpaired) electrons. The SMILES string of the molecule is CC(=O)[O-].[CH2-]C(=O)[O-].[Zn+2].[Zn]. The second-order valence-electron chi connectivity index (χ2n) is 0.864. The first-order valence-electron chi connectivity index (χ1n) is 1.67. The fourth-order valence-electron chi connectivity index (χ4n) is 0. The molecule has 0 spiro atoms. The van der Waals surface area contributed by atoms with Crippen molar-refractivity contribution in [3.8, 4) is 0 Å². The minimum atomic E-state index is -1.33. The Bertz CT molecular complexity index is 73.3.